The number of piperidine rings is 1. The van der Waals surface area contributed by atoms with Gasteiger partial charge in [0.2, 0.25) is 0 Å². The Morgan fingerprint density at radius 3 is 2.42 bits per heavy atom. The fraction of sp³-hybridized carbons (Fsp3) is 0.647. The number of likely N-dealkylation sites (tertiary alicyclic amines) is 1. The largest absolute Gasteiger partial charge is 0.310 e. The molecule has 0 amide bonds. The van der Waals surface area contributed by atoms with Gasteiger partial charge in [-0.2, -0.15) is 0 Å². The molecule has 1 saturated heterocycles. The molecule has 0 saturated carbocycles. The monoisotopic (exact) mass is 260 g/mol. The van der Waals surface area contributed by atoms with Gasteiger partial charge < -0.3 is 10.2 Å². The van der Waals surface area contributed by atoms with Gasteiger partial charge in [0, 0.05) is 12.6 Å². The summed E-state index contributed by atoms with van der Waals surface area (Å²) in [7, 11) is 0. The van der Waals surface area contributed by atoms with Crippen LogP contribution in [0.1, 0.15) is 37.8 Å². The summed E-state index contributed by atoms with van der Waals surface area (Å²) in [6.07, 6.45) is 2.69. The quantitative estimate of drug-likeness (QED) is 0.874. The Hall–Kier alpha value is -0.860. The van der Waals surface area contributed by atoms with Crippen LogP contribution in [0.3, 0.4) is 0 Å². The minimum Gasteiger partial charge on any atom is -0.310 e. The van der Waals surface area contributed by atoms with E-state index < -0.39 is 0 Å². The van der Waals surface area contributed by atoms with E-state index in [4.69, 9.17) is 0 Å². The second-order valence-electron chi connectivity index (χ2n) is 5.93. The lowest BCUT2D eigenvalue weighted by Gasteiger charge is -2.34. The van der Waals surface area contributed by atoms with Gasteiger partial charge >= 0.3 is 0 Å². The van der Waals surface area contributed by atoms with Crippen molar-refractivity contribution in [3.63, 3.8) is 0 Å². The van der Waals surface area contributed by atoms with Gasteiger partial charge in [-0.1, -0.05) is 36.8 Å². The Balaban J connectivity index is 1.75. The molecule has 0 spiro atoms. The number of aryl methyl sites for hydroxylation is 1. The molecule has 0 aliphatic carbocycles. The van der Waals surface area contributed by atoms with E-state index in [0.717, 1.165) is 12.5 Å². The third-order valence-corrected chi connectivity index (χ3v) is 4.54. The van der Waals surface area contributed by atoms with Crippen LogP contribution in [0, 0.1) is 12.8 Å². The number of hydrogen-bond acceptors (Lipinski definition) is 2. The first-order valence-electron chi connectivity index (χ1n) is 7.70. The number of benzene rings is 1. The second kappa shape index (κ2) is 7.06. The Bertz CT molecular complexity index is 363. The molecule has 1 N–H and O–H groups in total. The molecule has 1 aromatic rings. The highest BCUT2D eigenvalue weighted by molar-refractivity contribution is 5.21. The van der Waals surface area contributed by atoms with E-state index in [2.05, 4.69) is 55.3 Å². The lowest BCUT2D eigenvalue weighted by molar-refractivity contribution is 0.168. The maximum Gasteiger partial charge on any atom is 0.0208 e. The van der Waals surface area contributed by atoms with Gasteiger partial charge in [-0.25, -0.2) is 0 Å². The maximum atomic E-state index is 3.70. The van der Waals surface area contributed by atoms with Crippen molar-refractivity contribution in [2.24, 2.45) is 5.92 Å². The highest BCUT2D eigenvalue weighted by Crippen LogP contribution is 2.20. The molecular weight excluding hydrogens is 232 g/mol. The Morgan fingerprint density at radius 1 is 1.21 bits per heavy atom. The smallest absolute Gasteiger partial charge is 0.0208 e. The molecule has 0 aromatic heterocycles. The van der Waals surface area contributed by atoms with Crippen molar-refractivity contribution in [2.45, 2.75) is 46.2 Å². The molecule has 0 bridgehead atoms. The third-order valence-electron chi connectivity index (χ3n) is 4.54. The summed E-state index contributed by atoms with van der Waals surface area (Å²) in [5.74, 6) is 0.841. The molecule has 2 rings (SSSR count). The Morgan fingerprint density at radius 2 is 1.84 bits per heavy atom. The van der Waals surface area contributed by atoms with E-state index in [9.17, 15) is 0 Å². The third kappa shape index (κ3) is 4.32. The van der Waals surface area contributed by atoms with Crippen molar-refractivity contribution in [3.8, 4) is 0 Å². The van der Waals surface area contributed by atoms with Gasteiger partial charge in [-0.05, 0) is 57.8 Å². The molecule has 2 nitrogen and oxygen atoms in total. The van der Waals surface area contributed by atoms with E-state index >= 15 is 0 Å². The molecule has 106 valence electrons. The topological polar surface area (TPSA) is 15.3 Å². The first kappa shape index (κ1) is 14.5. The molecular formula is C17H28N2. The van der Waals surface area contributed by atoms with Gasteiger partial charge in [-0.3, -0.25) is 0 Å². The average molecular weight is 260 g/mol. The van der Waals surface area contributed by atoms with E-state index in [1.54, 1.807) is 0 Å². The van der Waals surface area contributed by atoms with Crippen molar-refractivity contribution >= 4 is 0 Å². The molecule has 1 heterocycles. The van der Waals surface area contributed by atoms with Crippen molar-refractivity contribution < 1.29 is 0 Å². The number of rotatable bonds is 5. The molecule has 19 heavy (non-hydrogen) atoms. The molecule has 2 heteroatoms. The van der Waals surface area contributed by atoms with Crippen molar-refractivity contribution in [2.75, 3.05) is 19.6 Å². The summed E-state index contributed by atoms with van der Waals surface area (Å²) in [6.45, 7) is 11.5. The lowest BCUT2D eigenvalue weighted by atomic mass is 9.90. The van der Waals surface area contributed by atoms with Crippen LogP contribution in [0.2, 0.25) is 0 Å². The van der Waals surface area contributed by atoms with Crippen molar-refractivity contribution in [1.29, 1.82) is 0 Å². The van der Waals surface area contributed by atoms with Crippen LogP contribution in [-0.4, -0.2) is 30.6 Å². The van der Waals surface area contributed by atoms with Crippen LogP contribution in [0.4, 0.5) is 0 Å². The normalized spacial score (nSPS) is 19.5. The lowest BCUT2D eigenvalue weighted by Crippen LogP contribution is -2.41. The zero-order valence-electron chi connectivity index (χ0n) is 12.7. The van der Waals surface area contributed by atoms with Crippen LogP contribution in [0.5, 0.6) is 0 Å². The van der Waals surface area contributed by atoms with Crippen molar-refractivity contribution in [3.05, 3.63) is 35.4 Å². The highest BCUT2D eigenvalue weighted by atomic mass is 15.1. The molecule has 1 unspecified atom stereocenters. The minimum atomic E-state index is 0.625. The zero-order valence-corrected chi connectivity index (χ0v) is 12.7. The van der Waals surface area contributed by atoms with E-state index in [1.165, 1.54) is 43.6 Å². The summed E-state index contributed by atoms with van der Waals surface area (Å²) in [6, 6.07) is 9.48. The van der Waals surface area contributed by atoms with Gasteiger partial charge in [0.15, 0.2) is 0 Å². The van der Waals surface area contributed by atoms with Crippen LogP contribution < -0.4 is 5.32 Å². The van der Waals surface area contributed by atoms with Gasteiger partial charge in [0.25, 0.3) is 0 Å². The van der Waals surface area contributed by atoms with Gasteiger partial charge in [0.1, 0.15) is 0 Å². The van der Waals surface area contributed by atoms with Crippen LogP contribution in [0.15, 0.2) is 24.3 Å². The van der Waals surface area contributed by atoms with Gasteiger partial charge in [0.05, 0.1) is 0 Å². The number of hydrogen-bond donors (Lipinski definition) is 1. The summed E-state index contributed by atoms with van der Waals surface area (Å²) in [5.41, 5.74) is 2.73. The zero-order chi connectivity index (χ0) is 13.7. The fourth-order valence-corrected chi connectivity index (χ4v) is 2.92. The highest BCUT2D eigenvalue weighted by Gasteiger charge is 2.22. The maximum absolute atomic E-state index is 3.70. The van der Waals surface area contributed by atoms with Crippen LogP contribution >= 0.6 is 0 Å². The van der Waals surface area contributed by atoms with Crippen LogP contribution in [-0.2, 0) is 6.54 Å². The number of nitrogens with zero attached hydrogens (tertiary/aromatic N) is 1. The predicted molar refractivity (Wildman–Crippen MR) is 82.3 cm³/mol. The van der Waals surface area contributed by atoms with Crippen LogP contribution in [0.25, 0.3) is 0 Å². The average Bonchev–Trinajstić information content (AvgIpc) is 2.46. The van der Waals surface area contributed by atoms with Crippen molar-refractivity contribution in [1.82, 2.24) is 10.2 Å². The number of nitrogens with one attached hydrogen (secondary N) is 1. The van der Waals surface area contributed by atoms with E-state index in [1.807, 2.05) is 0 Å². The van der Waals surface area contributed by atoms with E-state index in [-0.39, 0.29) is 0 Å². The first-order chi connectivity index (χ1) is 9.19. The predicted octanol–water partition coefficient (Wildman–Crippen LogP) is 3.21. The van der Waals surface area contributed by atoms with Gasteiger partial charge in [-0.15, -0.1) is 0 Å². The standard InChI is InChI=1S/C17H28N2/c1-4-19-11-9-17(10-12-19)15(3)18-13-16-7-5-14(2)6-8-16/h5-8,15,17-18H,4,9-13H2,1-3H3. The summed E-state index contributed by atoms with van der Waals surface area (Å²) < 4.78 is 0. The second-order valence-corrected chi connectivity index (χ2v) is 5.93. The Labute approximate surface area is 118 Å². The van der Waals surface area contributed by atoms with E-state index in [0.29, 0.717) is 6.04 Å². The Kier molecular flexibility index (Phi) is 5.41. The minimum absolute atomic E-state index is 0.625. The molecule has 1 atom stereocenters. The molecule has 1 aromatic carbocycles. The SMILES string of the molecule is CCN1CCC(C(C)NCc2ccc(C)cc2)CC1. The first-order valence-corrected chi connectivity index (χ1v) is 7.70. The summed E-state index contributed by atoms with van der Waals surface area (Å²) in [4.78, 5) is 2.56. The molecule has 0 radical (unpaired) electrons. The molecule has 1 aliphatic heterocycles. The fourth-order valence-electron chi connectivity index (χ4n) is 2.92. The summed E-state index contributed by atoms with van der Waals surface area (Å²) >= 11 is 0. The summed E-state index contributed by atoms with van der Waals surface area (Å²) in [5, 5.41) is 3.70. The molecule has 1 aliphatic rings. The molecule has 1 fully saturated rings.